The number of carboxylic acid groups (broad SMARTS) is 1. The SMILES string of the molecule is CCCC[C@H]1C(=O)N(C)[C@@H](CCCC)C(=O)N[C@@H](CC(C)C)C(=O)N[C@H](C(=O)NCC(N)=O)CSCC(=O)N[C@@H](Cc2ccc(O)cc2)C(=O)N(C)[C@@H](C)C(=O)N[C@@H](CC(N)=O)C(=O)N2CCC[C@H]2C(=O)N[C@@H](CN)C(=O)N[C@@H](CC(C)C)C(=O)N2C[C@H](O)C[C@H]2C(=O)C[C@@H](Cc2c[nH]c3ccccc23)C(=O)N[C@@H](CCN)C(=O)N[C@@H](Cc2nn(CC(=O)O)c3ccccc23)C(=O)N1C. The second-order valence-corrected chi connectivity index (χ2v) is 36.5. The summed E-state index contributed by atoms with van der Waals surface area (Å²) >= 11 is 0.784. The van der Waals surface area contributed by atoms with Gasteiger partial charge in [0.05, 0.1) is 42.1 Å². The zero-order valence-electron chi connectivity index (χ0n) is 77.5. The van der Waals surface area contributed by atoms with Gasteiger partial charge in [0.25, 0.3) is 0 Å². The lowest BCUT2D eigenvalue weighted by molar-refractivity contribution is -0.149. The summed E-state index contributed by atoms with van der Waals surface area (Å²) < 4.78 is 1.20. The summed E-state index contributed by atoms with van der Waals surface area (Å²) in [4.78, 5) is 271. The summed E-state index contributed by atoms with van der Waals surface area (Å²) in [7, 11) is 3.90. The van der Waals surface area contributed by atoms with Crippen LogP contribution in [0.25, 0.3) is 21.8 Å². The molecule has 8 rings (SSSR count). The van der Waals surface area contributed by atoms with Gasteiger partial charge in [-0.3, -0.25) is 91.0 Å². The molecule has 0 bridgehead atoms. The van der Waals surface area contributed by atoms with Gasteiger partial charge in [0.2, 0.25) is 94.5 Å². The second kappa shape index (κ2) is 50.5. The number of carbonyl (C=O) groups excluding carboxylic acids is 17. The van der Waals surface area contributed by atoms with Crippen LogP contribution in [0.15, 0.2) is 79.0 Å². The number of aromatic hydroxyl groups is 1. The Bertz CT molecular complexity index is 5050. The number of H-pyrrole nitrogens is 1. The summed E-state index contributed by atoms with van der Waals surface area (Å²) in [6.45, 7) is 9.22. The smallest absolute Gasteiger partial charge is 0.325 e. The summed E-state index contributed by atoms with van der Waals surface area (Å²) in [5, 5.41) is 61.2. The molecular formula is C91H131N21O21S. The van der Waals surface area contributed by atoms with Gasteiger partial charge in [-0.25, -0.2) is 0 Å². The van der Waals surface area contributed by atoms with E-state index in [0.29, 0.717) is 58.6 Å². The molecular weight excluding hydrogens is 1760 g/mol. The van der Waals surface area contributed by atoms with E-state index in [-0.39, 0.29) is 101 Å². The van der Waals surface area contributed by atoms with Crippen molar-refractivity contribution >= 4 is 140 Å². The van der Waals surface area contributed by atoms with Gasteiger partial charge in [-0.1, -0.05) is 116 Å². The maximum Gasteiger partial charge on any atom is 0.325 e. The monoisotopic (exact) mass is 1890 g/mol. The van der Waals surface area contributed by atoms with E-state index in [9.17, 15) is 68.1 Å². The molecule has 15 atom stereocenters. The van der Waals surface area contributed by atoms with Gasteiger partial charge in [-0.05, 0) is 112 Å². The molecule has 0 saturated carbocycles. The van der Waals surface area contributed by atoms with Gasteiger partial charge < -0.3 is 116 Å². The molecule has 3 aliphatic rings. The number of nitrogens with one attached hydrogen (secondary N) is 10. The molecule has 5 heterocycles. The summed E-state index contributed by atoms with van der Waals surface area (Å²) in [5.41, 5.74) is 25.7. The number of fused-ring (bicyclic) bond motifs is 4. The minimum atomic E-state index is -1.77. The number of para-hydroxylation sites is 2. The Balaban J connectivity index is 1.21. The molecule has 43 heteroatoms. The number of Topliss-reactive ketones (excluding diaryl/α,β-unsaturated/α-hetero) is 1. The molecule has 732 valence electrons. The maximum absolute atomic E-state index is 15.9. The quantitative estimate of drug-likeness (QED) is 0.0292. The molecule has 0 radical (unpaired) electrons. The van der Waals surface area contributed by atoms with Crippen molar-refractivity contribution in [1.29, 1.82) is 0 Å². The number of nitrogens with two attached hydrogens (primary N) is 4. The minimum absolute atomic E-state index is 0.00132. The molecule has 3 fully saturated rings. The zero-order valence-corrected chi connectivity index (χ0v) is 78.4. The molecule has 5 aromatic rings. The molecule has 3 saturated heterocycles. The van der Waals surface area contributed by atoms with Crippen LogP contribution in [0.4, 0.5) is 0 Å². The van der Waals surface area contributed by atoms with E-state index in [2.05, 4.69) is 57.9 Å². The van der Waals surface area contributed by atoms with Crippen LogP contribution in [0.3, 0.4) is 0 Å². The number of aliphatic carboxylic acids is 1. The fourth-order valence-corrected chi connectivity index (χ4v) is 17.7. The topological polar surface area (TPSA) is 630 Å². The van der Waals surface area contributed by atoms with Crippen molar-refractivity contribution in [2.75, 3.05) is 65.4 Å². The number of benzene rings is 3. The van der Waals surface area contributed by atoms with Gasteiger partial charge in [0, 0.05) is 101 Å². The number of hydrogen-bond acceptors (Lipinski definition) is 24. The number of primary amides is 2. The lowest BCUT2D eigenvalue weighted by atomic mass is 9.90. The van der Waals surface area contributed by atoms with Crippen LogP contribution in [-0.4, -0.2) is 311 Å². The molecule has 2 aromatic heterocycles. The van der Waals surface area contributed by atoms with Crippen molar-refractivity contribution in [2.24, 2.45) is 40.7 Å². The van der Waals surface area contributed by atoms with Crippen LogP contribution in [0.5, 0.6) is 5.75 Å². The predicted octanol–water partition coefficient (Wildman–Crippen LogP) is -1.75. The molecule has 16 amide bonds. The van der Waals surface area contributed by atoms with Crippen LogP contribution in [0.1, 0.15) is 155 Å². The molecule has 0 unspecified atom stereocenters. The van der Waals surface area contributed by atoms with E-state index >= 15 is 33.6 Å². The molecule has 0 aliphatic carbocycles. The highest BCUT2D eigenvalue weighted by Gasteiger charge is 2.47. The average molecular weight is 1890 g/mol. The van der Waals surface area contributed by atoms with Gasteiger partial charge in [-0.2, -0.15) is 5.10 Å². The molecule has 3 aliphatic heterocycles. The van der Waals surface area contributed by atoms with Crippen molar-refractivity contribution in [3.8, 4) is 5.75 Å². The third-order valence-electron chi connectivity index (χ3n) is 24.2. The molecule has 0 spiro atoms. The van der Waals surface area contributed by atoms with E-state index in [0.717, 1.165) is 36.3 Å². The first-order valence-corrected chi connectivity index (χ1v) is 46.6. The fraction of sp³-hybridized carbons (Fsp3) is 0.571. The maximum atomic E-state index is 15.9. The average Bonchev–Trinajstić information content (AvgIpc) is 1.64. The number of carbonyl (C=O) groups is 18. The number of aromatic amines is 1. The standard InChI is InChI=1S/C91H131N21O21S/c1-11-13-23-70-85(127)100-62(34-49(3)4)83(125)105-68(81(123)97-44-76(95)117)47-134-48-77(118)98-64(36-52-27-29-55(113)30-28-52)87(129)107(8)51(7)79(121)101-66(41-75(94)116)89(131)110-33-19-26-71(110)86(128)104-67(42-93)84(126)102-63(35-50(5)6)90(132)111-45-56(114)39-73(111)74(115)38-53(37-54-43-96-59-22-17-15-20-57(54)59)80(122)99-60(31-32-92)82(124)103-65(88(130)109(10)72(24-14-12-2)91(133)108(70)9)40-61-58-21-16-18-25-69(58)112(106-61)46-78(119)120/h15-18,20-22,25,27-30,43,49-51,53,56,60,62-68,70-73,96,113-114H,11-14,19,23-24,26,31-42,44-48,92-93H2,1-10H3,(H2,94,116)(H2,95,117)(H,97,123)(H,98,118)(H,99,122)(H,100,127)(H,101,121)(H,102,126)(H,103,124)(H,104,128)(H,105,125)(H,119,120)/t51-,53+,56+,60-,62-,63-,64-,65-,66-,67-,68-,70-,71-,72-,73-/m0/s1. The Labute approximate surface area is 781 Å². The number of carboxylic acids is 1. The molecule has 42 nitrogen and oxygen atoms in total. The van der Waals surface area contributed by atoms with Gasteiger partial charge in [-0.15, -0.1) is 11.8 Å². The van der Waals surface area contributed by atoms with E-state index in [1.54, 1.807) is 82.4 Å². The van der Waals surface area contributed by atoms with Crippen molar-refractivity contribution in [3.63, 3.8) is 0 Å². The number of thioether (sulfide) groups is 1. The Kier molecular flexibility index (Phi) is 40.2. The highest BCUT2D eigenvalue weighted by Crippen LogP contribution is 2.30. The van der Waals surface area contributed by atoms with E-state index < -0.39 is 254 Å². The van der Waals surface area contributed by atoms with Crippen LogP contribution in [0, 0.1) is 17.8 Å². The number of phenolic OH excluding ortho intramolecular Hbond substituents is 1. The summed E-state index contributed by atoms with van der Waals surface area (Å²) in [6, 6.07) is -0.536. The van der Waals surface area contributed by atoms with Crippen molar-refractivity contribution in [2.45, 2.75) is 249 Å². The Morgan fingerprint density at radius 1 is 0.582 bits per heavy atom. The Morgan fingerprint density at radius 2 is 1.16 bits per heavy atom. The van der Waals surface area contributed by atoms with Crippen LogP contribution in [-0.2, 0) is 112 Å². The van der Waals surface area contributed by atoms with Crippen molar-refractivity contribution in [1.82, 2.24) is 87.1 Å². The molecule has 3 aromatic carbocycles. The van der Waals surface area contributed by atoms with Gasteiger partial charge in [0.1, 0.15) is 84.8 Å². The highest BCUT2D eigenvalue weighted by atomic mass is 32.2. The van der Waals surface area contributed by atoms with E-state index in [1.807, 2.05) is 13.8 Å². The van der Waals surface area contributed by atoms with Crippen LogP contribution >= 0.6 is 11.8 Å². The summed E-state index contributed by atoms with van der Waals surface area (Å²) in [5.74, 6) is -19.9. The highest BCUT2D eigenvalue weighted by molar-refractivity contribution is 8.00. The zero-order chi connectivity index (χ0) is 98.6. The minimum Gasteiger partial charge on any atom is -0.508 e. The van der Waals surface area contributed by atoms with Crippen LogP contribution in [0.2, 0.25) is 0 Å². The van der Waals surface area contributed by atoms with Gasteiger partial charge in [0.15, 0.2) is 5.78 Å². The molecule has 134 heavy (non-hydrogen) atoms. The number of unbranched alkanes of at least 4 members (excludes halogenated alkanes) is 2. The Morgan fingerprint density at radius 3 is 1.80 bits per heavy atom. The van der Waals surface area contributed by atoms with E-state index in [4.69, 9.17) is 22.9 Å². The number of hydrogen-bond donors (Lipinski definition) is 17. The first-order chi connectivity index (χ1) is 63.6. The first-order valence-electron chi connectivity index (χ1n) is 45.4. The number of ketones is 1. The lowest BCUT2D eigenvalue weighted by Crippen LogP contribution is -2.61. The number of aliphatic hydroxyl groups excluding tert-OH is 1. The normalized spacial score (nSPS) is 25.0. The van der Waals surface area contributed by atoms with Crippen molar-refractivity contribution in [3.05, 3.63) is 95.8 Å². The lowest BCUT2D eigenvalue weighted by Gasteiger charge is -2.36. The largest absolute Gasteiger partial charge is 0.508 e. The molecule has 21 N–H and O–H groups in total. The predicted molar refractivity (Wildman–Crippen MR) is 494 cm³/mol. The fourth-order valence-electron chi connectivity index (χ4n) is 16.9. The number of nitrogens with zero attached hydrogens (tertiary/aromatic N) is 7. The number of rotatable bonds is 26. The number of amides is 16. The van der Waals surface area contributed by atoms with Crippen LogP contribution < -0.4 is 70.8 Å². The Hall–Kier alpha value is -12.6. The first kappa shape index (κ1) is 107. The third-order valence-corrected chi connectivity index (χ3v) is 25.2. The van der Waals surface area contributed by atoms with E-state index in [1.165, 1.54) is 57.0 Å². The third kappa shape index (κ3) is 29.4. The number of likely N-dealkylation sites (N-methyl/N-ethyl adjacent to an activating group) is 3. The van der Waals surface area contributed by atoms with Gasteiger partial charge >= 0.3 is 5.97 Å². The second-order valence-electron chi connectivity index (χ2n) is 35.4. The number of aliphatic hydroxyl groups is 1. The van der Waals surface area contributed by atoms with Crippen molar-refractivity contribution < 1.29 is 102 Å². The number of phenols is 1. The number of aromatic nitrogens is 3. The summed E-state index contributed by atoms with van der Waals surface area (Å²) in [6.07, 6.45) is -1.05.